The molecule has 6 atom stereocenters. The summed E-state index contributed by atoms with van der Waals surface area (Å²) in [6, 6.07) is 10.5. The van der Waals surface area contributed by atoms with Gasteiger partial charge in [-0.25, -0.2) is 4.98 Å². The van der Waals surface area contributed by atoms with Gasteiger partial charge in [0.25, 0.3) is 0 Å². The van der Waals surface area contributed by atoms with Gasteiger partial charge in [-0.05, 0) is 48.6 Å². The summed E-state index contributed by atoms with van der Waals surface area (Å²) < 4.78 is 5.42. The van der Waals surface area contributed by atoms with Gasteiger partial charge in [0.05, 0.1) is 30.8 Å². The Hall–Kier alpha value is -1.41. The summed E-state index contributed by atoms with van der Waals surface area (Å²) >= 11 is 3.69. The molecule has 0 spiro atoms. The number of thiazole rings is 1. The van der Waals surface area contributed by atoms with Gasteiger partial charge < -0.3 is 14.7 Å². The van der Waals surface area contributed by atoms with Crippen LogP contribution < -0.4 is 0 Å². The van der Waals surface area contributed by atoms with Crippen LogP contribution in [-0.2, 0) is 21.7 Å². The molecule has 2 fully saturated rings. The topological polar surface area (TPSA) is 62.7 Å². The lowest BCUT2D eigenvalue weighted by Crippen LogP contribution is -2.54. The molecular formula is C27H36N2O3S2. The van der Waals surface area contributed by atoms with Crippen LogP contribution in [0.3, 0.4) is 0 Å². The number of carbonyl (C=O) groups excluding carboxylic acids is 1. The molecule has 2 heterocycles. The van der Waals surface area contributed by atoms with Crippen LogP contribution in [0.15, 0.2) is 35.2 Å². The summed E-state index contributed by atoms with van der Waals surface area (Å²) in [6.07, 6.45) is 2.46. The monoisotopic (exact) mass is 500 g/mol. The number of nitrogens with zero attached hydrogens (tertiary/aromatic N) is 2. The number of aliphatic hydroxyl groups excluding tert-OH is 1. The number of thioether (sulfide) groups is 1. The maximum Gasteiger partial charge on any atom is 0.225 e. The minimum absolute atomic E-state index is 0.00385. The van der Waals surface area contributed by atoms with Gasteiger partial charge >= 0.3 is 0 Å². The van der Waals surface area contributed by atoms with E-state index in [9.17, 15) is 9.90 Å². The number of rotatable bonds is 5. The second kappa shape index (κ2) is 9.92. The smallest absolute Gasteiger partial charge is 0.225 e. The highest BCUT2D eigenvalue weighted by molar-refractivity contribution is 7.98. The molecule has 1 aromatic carbocycles. The van der Waals surface area contributed by atoms with Crippen LogP contribution in [-0.4, -0.2) is 53.3 Å². The largest absolute Gasteiger partial charge is 0.392 e. The standard InChI is InChI=1S/C27H36N2O3S2/c1-17(26(31)29-11-13-32-14-12-29)20-9-10-27(3)15-21-24(18(2)23(27)25(20)30)28-22(34-21)16-33-19-7-5-4-6-8-19/h4-8,17-18,20,23,25,30H,9-16H2,1-3H3/t17-,18+,20+,23+,25-,27+/m0/s1. The maximum absolute atomic E-state index is 13.2. The van der Waals surface area contributed by atoms with Crippen LogP contribution in [0, 0.1) is 23.2 Å². The Morgan fingerprint density at radius 2 is 2.06 bits per heavy atom. The van der Waals surface area contributed by atoms with Crippen molar-refractivity contribution in [1.29, 1.82) is 0 Å². The Morgan fingerprint density at radius 1 is 1.32 bits per heavy atom. The predicted molar refractivity (Wildman–Crippen MR) is 137 cm³/mol. The molecule has 2 aromatic rings. The van der Waals surface area contributed by atoms with E-state index in [1.54, 1.807) is 0 Å². The molecule has 2 aliphatic carbocycles. The van der Waals surface area contributed by atoms with Crippen LogP contribution in [0.1, 0.15) is 55.1 Å². The summed E-state index contributed by atoms with van der Waals surface area (Å²) in [4.78, 5) is 22.9. The average Bonchev–Trinajstić information content (AvgIpc) is 3.26. The van der Waals surface area contributed by atoms with Crippen molar-refractivity contribution in [3.05, 3.63) is 45.9 Å². The summed E-state index contributed by atoms with van der Waals surface area (Å²) in [5, 5.41) is 12.9. The number of fused-ring (bicyclic) bond motifs is 2. The summed E-state index contributed by atoms with van der Waals surface area (Å²) in [6.45, 7) is 9.17. The van der Waals surface area contributed by atoms with Gasteiger partial charge in [-0.3, -0.25) is 4.79 Å². The highest BCUT2D eigenvalue weighted by atomic mass is 32.2. The molecule has 1 N–H and O–H groups in total. The molecule has 1 aromatic heterocycles. The van der Waals surface area contributed by atoms with Crippen molar-refractivity contribution in [1.82, 2.24) is 9.88 Å². The highest BCUT2D eigenvalue weighted by Crippen LogP contribution is 2.57. The predicted octanol–water partition coefficient (Wildman–Crippen LogP) is 4.98. The van der Waals surface area contributed by atoms with E-state index in [0.717, 1.165) is 25.0 Å². The van der Waals surface area contributed by atoms with Gasteiger partial charge in [-0.1, -0.05) is 39.0 Å². The summed E-state index contributed by atoms with van der Waals surface area (Å²) in [5.41, 5.74) is 1.24. The zero-order valence-electron chi connectivity index (χ0n) is 20.4. The molecule has 1 saturated heterocycles. The molecule has 0 radical (unpaired) electrons. The first-order valence-corrected chi connectivity index (χ1v) is 14.4. The summed E-state index contributed by atoms with van der Waals surface area (Å²) in [7, 11) is 0. The lowest BCUT2D eigenvalue weighted by molar-refractivity contribution is -0.148. The van der Waals surface area contributed by atoms with Crippen molar-refractivity contribution in [2.24, 2.45) is 23.2 Å². The van der Waals surface area contributed by atoms with E-state index in [1.807, 2.05) is 41.0 Å². The van der Waals surface area contributed by atoms with Crippen molar-refractivity contribution in [2.45, 2.75) is 62.7 Å². The van der Waals surface area contributed by atoms with Gasteiger partial charge in [0.1, 0.15) is 5.01 Å². The van der Waals surface area contributed by atoms with E-state index in [1.165, 1.54) is 20.5 Å². The number of benzene rings is 1. The molecule has 34 heavy (non-hydrogen) atoms. The fraction of sp³-hybridized carbons (Fsp3) is 0.630. The second-order valence-corrected chi connectivity index (χ2v) is 12.8. The quantitative estimate of drug-likeness (QED) is 0.587. The van der Waals surface area contributed by atoms with Gasteiger partial charge in [-0.15, -0.1) is 23.1 Å². The number of aliphatic hydroxyl groups is 1. The highest BCUT2D eigenvalue weighted by Gasteiger charge is 2.54. The molecule has 1 amide bonds. The Bertz CT molecular complexity index is 1010. The molecule has 0 unspecified atom stereocenters. The van der Waals surface area contributed by atoms with Crippen LogP contribution in [0.25, 0.3) is 0 Å². The maximum atomic E-state index is 13.2. The zero-order chi connectivity index (χ0) is 23.9. The first-order chi connectivity index (χ1) is 16.4. The van der Waals surface area contributed by atoms with Crippen molar-refractivity contribution in [2.75, 3.05) is 26.3 Å². The molecule has 184 valence electrons. The first kappa shape index (κ1) is 24.3. The lowest BCUT2D eigenvalue weighted by Gasteiger charge is -2.53. The van der Waals surface area contributed by atoms with E-state index in [-0.39, 0.29) is 35.0 Å². The Balaban J connectivity index is 1.32. The number of hydrogen-bond donors (Lipinski definition) is 1. The van der Waals surface area contributed by atoms with E-state index in [0.29, 0.717) is 26.3 Å². The zero-order valence-corrected chi connectivity index (χ0v) is 22.0. The Labute approximate surface area is 211 Å². The molecule has 7 heteroatoms. The number of aromatic nitrogens is 1. The minimum Gasteiger partial charge on any atom is -0.392 e. The average molecular weight is 501 g/mol. The lowest BCUT2D eigenvalue weighted by atomic mass is 9.53. The molecule has 3 aliphatic rings. The van der Waals surface area contributed by atoms with Crippen molar-refractivity contribution in [3.63, 3.8) is 0 Å². The van der Waals surface area contributed by atoms with Crippen molar-refractivity contribution in [3.8, 4) is 0 Å². The third-order valence-corrected chi connectivity index (χ3v) is 10.7. The van der Waals surface area contributed by atoms with Crippen LogP contribution in [0.2, 0.25) is 0 Å². The van der Waals surface area contributed by atoms with Crippen molar-refractivity contribution >= 4 is 29.0 Å². The molecule has 1 saturated carbocycles. The van der Waals surface area contributed by atoms with Crippen LogP contribution >= 0.6 is 23.1 Å². The molecule has 5 nitrogen and oxygen atoms in total. The molecule has 5 rings (SSSR count). The fourth-order valence-electron chi connectivity index (χ4n) is 6.58. The Morgan fingerprint density at radius 3 is 2.79 bits per heavy atom. The number of ether oxygens (including phenoxy) is 1. The number of morpholine rings is 1. The van der Waals surface area contributed by atoms with E-state index in [2.05, 4.69) is 38.1 Å². The third-order valence-electron chi connectivity index (χ3n) is 8.43. The summed E-state index contributed by atoms with van der Waals surface area (Å²) in [5.74, 6) is 1.23. The van der Waals surface area contributed by atoms with Gasteiger partial charge in [0, 0.05) is 34.7 Å². The van der Waals surface area contributed by atoms with Crippen LogP contribution in [0.5, 0.6) is 0 Å². The van der Waals surface area contributed by atoms with E-state index >= 15 is 0 Å². The Kier molecular flexibility index (Phi) is 7.09. The van der Waals surface area contributed by atoms with Gasteiger partial charge in [-0.2, -0.15) is 0 Å². The van der Waals surface area contributed by atoms with Gasteiger partial charge in [0.2, 0.25) is 5.91 Å². The van der Waals surface area contributed by atoms with Crippen molar-refractivity contribution < 1.29 is 14.6 Å². The molecule has 1 aliphatic heterocycles. The SMILES string of the molecule is C[C@H](C(=O)N1CCOCC1)[C@H]1CC[C@]2(C)Cc3sc(CSc4ccccc4)nc3[C@H](C)[C@@H]2[C@H]1O. The first-order valence-electron chi connectivity index (χ1n) is 12.6. The number of amides is 1. The van der Waals surface area contributed by atoms with E-state index < -0.39 is 6.10 Å². The third kappa shape index (κ3) is 4.57. The second-order valence-electron chi connectivity index (χ2n) is 10.6. The van der Waals surface area contributed by atoms with Gasteiger partial charge in [0.15, 0.2) is 0 Å². The number of carbonyl (C=O) groups is 1. The van der Waals surface area contributed by atoms with Crippen LogP contribution in [0.4, 0.5) is 0 Å². The number of hydrogen-bond acceptors (Lipinski definition) is 6. The molecule has 0 bridgehead atoms. The normalized spacial score (nSPS) is 32.1. The molecular weight excluding hydrogens is 464 g/mol. The fourth-order valence-corrected chi connectivity index (χ4v) is 8.86. The minimum atomic E-state index is -0.481. The van der Waals surface area contributed by atoms with E-state index in [4.69, 9.17) is 9.72 Å².